The van der Waals surface area contributed by atoms with Gasteiger partial charge in [-0.15, -0.1) is 46.2 Å². The Bertz CT molecular complexity index is 2930. The number of benzene rings is 8. The van der Waals surface area contributed by atoms with Crippen LogP contribution >= 0.6 is 23.2 Å². The first-order chi connectivity index (χ1) is 31.7. The molecular formula is C63H54Cl4Zr-2. The molecule has 0 N–H and O–H groups in total. The monoisotopic (exact) mass is 1040 g/mol. The fraction of sp³-hybridized carbons (Fsp3) is 0.143. The predicted octanol–water partition coefficient (Wildman–Crippen LogP) is 12.4. The van der Waals surface area contributed by atoms with Crippen LogP contribution in [0.4, 0.5) is 0 Å². The first kappa shape index (κ1) is 52.4. The summed E-state index contributed by atoms with van der Waals surface area (Å²) in [4.78, 5) is 0. The third-order valence-electron chi connectivity index (χ3n) is 12.1. The molecule has 0 fully saturated rings. The van der Waals surface area contributed by atoms with Gasteiger partial charge in [0.15, 0.2) is 0 Å². The Morgan fingerprint density at radius 3 is 1.12 bits per heavy atom. The summed E-state index contributed by atoms with van der Waals surface area (Å²) in [5, 5.41) is 6.88. The van der Waals surface area contributed by atoms with Crippen LogP contribution in [0.15, 0.2) is 206 Å². The van der Waals surface area contributed by atoms with Gasteiger partial charge in [0, 0.05) is 0 Å². The summed E-state index contributed by atoms with van der Waals surface area (Å²) in [6, 6.07) is 67.1. The first-order valence-corrected chi connectivity index (χ1v) is 24.6. The van der Waals surface area contributed by atoms with Gasteiger partial charge in [-0.25, -0.2) is 12.2 Å². The van der Waals surface area contributed by atoms with Crippen molar-refractivity contribution < 1.29 is 49.0 Å². The number of rotatable bonds is 6. The first-order valence-electron chi connectivity index (χ1n) is 22.6. The van der Waals surface area contributed by atoms with Gasteiger partial charge in [-0.2, -0.15) is 6.08 Å². The Morgan fingerprint density at radius 2 is 0.824 bits per heavy atom. The minimum atomic E-state index is 0. The van der Waals surface area contributed by atoms with Gasteiger partial charge in [0.2, 0.25) is 0 Å². The molecule has 0 bridgehead atoms. The number of fused-ring (bicyclic) bond motifs is 3. The molecule has 0 spiro atoms. The normalized spacial score (nSPS) is 11.8. The van der Waals surface area contributed by atoms with Crippen molar-refractivity contribution in [2.45, 2.75) is 58.8 Å². The molecule has 0 aromatic heterocycles. The third-order valence-corrected chi connectivity index (χ3v) is 14.0. The van der Waals surface area contributed by atoms with E-state index in [0.29, 0.717) is 0 Å². The van der Waals surface area contributed by atoms with Gasteiger partial charge in [-0.1, -0.05) is 114 Å². The van der Waals surface area contributed by atoms with Crippen LogP contribution < -0.4 is 24.8 Å². The zero-order chi connectivity index (χ0) is 46.4. The molecule has 0 nitrogen and oxygen atoms in total. The summed E-state index contributed by atoms with van der Waals surface area (Å²) in [6.07, 6.45) is 10.0. The van der Waals surface area contributed by atoms with E-state index in [4.69, 9.17) is 23.2 Å². The van der Waals surface area contributed by atoms with Gasteiger partial charge in [0.25, 0.3) is 0 Å². The second kappa shape index (κ2) is 23.1. The van der Waals surface area contributed by atoms with Gasteiger partial charge in [-0.05, 0) is 44.2 Å². The van der Waals surface area contributed by atoms with E-state index in [1.807, 2.05) is 36.4 Å². The van der Waals surface area contributed by atoms with Crippen LogP contribution in [0.3, 0.4) is 0 Å². The Morgan fingerprint density at radius 1 is 0.471 bits per heavy atom. The largest absolute Gasteiger partial charge is 1.00 e. The van der Waals surface area contributed by atoms with E-state index >= 15 is 0 Å². The molecule has 1 aliphatic carbocycles. The Balaban J connectivity index is 0.000000199. The maximum atomic E-state index is 5.98. The second-order valence-corrected chi connectivity index (χ2v) is 21.0. The molecular weight excluding hydrogens is 990 g/mol. The Labute approximate surface area is 441 Å². The van der Waals surface area contributed by atoms with Crippen molar-refractivity contribution in [1.82, 2.24) is 0 Å². The minimum absolute atomic E-state index is 0. The topological polar surface area (TPSA) is 0 Å². The molecule has 5 heteroatoms. The molecule has 0 unspecified atom stereocenters. The molecule has 0 heterocycles. The van der Waals surface area contributed by atoms with E-state index in [2.05, 4.69) is 217 Å². The van der Waals surface area contributed by atoms with Crippen LogP contribution in [0.1, 0.15) is 70.2 Å². The minimum Gasteiger partial charge on any atom is -1.00 e. The summed E-state index contributed by atoms with van der Waals surface area (Å²) >= 11 is 13.4. The van der Waals surface area contributed by atoms with E-state index in [1.54, 1.807) is 0 Å². The van der Waals surface area contributed by atoms with Gasteiger partial charge < -0.3 is 24.8 Å². The summed E-state index contributed by atoms with van der Waals surface area (Å²) in [6.45, 7) is 13.9. The van der Waals surface area contributed by atoms with Crippen LogP contribution in [-0.2, 0) is 35.1 Å². The molecule has 9 aromatic carbocycles. The third kappa shape index (κ3) is 12.6. The van der Waals surface area contributed by atoms with Crippen molar-refractivity contribution >= 4 is 48.0 Å². The molecule has 0 radical (unpaired) electrons. The standard InChI is InChI=1S/C33H33.C25H16Cl2.C5H5.2ClH.Zr/c1-32(2,3)30-20-26-24(18-28(30)22-13-9-7-10-14-22)17-25-19-29(23-15-11-8-12-16-23)31(21-27(25)26)33(4,5)6;26-24-13-9-22(10-14-24)20-5-1-18(2-6-20)17-19-3-7-21(8-4-19)23-11-15-25(27)16-12-23;1-2-4-5-3-1;;;/h7-21H,1-6H3;1-16H;1-3H,4H2;2*1H;/q-1;;-1;;;+2/p-2. The number of hydrogen-bond acceptors (Lipinski definition) is 0. The van der Waals surface area contributed by atoms with Gasteiger partial charge >= 0.3 is 191 Å². The van der Waals surface area contributed by atoms with Gasteiger partial charge in [0.05, 0.1) is 0 Å². The fourth-order valence-corrected chi connectivity index (χ4v) is 9.58. The van der Waals surface area contributed by atoms with Crippen LogP contribution in [0.5, 0.6) is 0 Å². The smallest absolute Gasteiger partial charge is 0.109 e. The number of hydrogen-bond donors (Lipinski definition) is 0. The molecule has 68 heavy (non-hydrogen) atoms. The predicted molar refractivity (Wildman–Crippen MR) is 284 cm³/mol. The van der Waals surface area contributed by atoms with Crippen LogP contribution in [0.2, 0.25) is 10.0 Å². The molecule has 9 aromatic rings. The zero-order valence-corrected chi connectivity index (χ0v) is 44.8. The average molecular weight is 1040 g/mol. The van der Waals surface area contributed by atoms with E-state index in [0.717, 1.165) is 16.5 Å². The molecule has 10 rings (SSSR count). The van der Waals surface area contributed by atoms with Gasteiger partial charge in [0.1, 0.15) is 0 Å². The van der Waals surface area contributed by atoms with Crippen molar-refractivity contribution in [3.63, 3.8) is 0 Å². The molecule has 0 saturated carbocycles. The van der Waals surface area contributed by atoms with Crippen molar-refractivity contribution in [3.8, 4) is 44.5 Å². The molecule has 340 valence electrons. The van der Waals surface area contributed by atoms with Crippen molar-refractivity contribution in [2.75, 3.05) is 0 Å². The molecule has 0 atom stereocenters. The maximum absolute atomic E-state index is 5.98. The van der Waals surface area contributed by atoms with E-state index in [9.17, 15) is 0 Å². The zero-order valence-electron chi connectivity index (χ0n) is 39.3. The van der Waals surface area contributed by atoms with Gasteiger partial charge in [-0.3, -0.25) is 6.08 Å². The average Bonchev–Trinajstić information content (AvgIpc) is 4.04. The second-order valence-electron chi connectivity index (χ2n) is 18.9. The van der Waals surface area contributed by atoms with Crippen LogP contribution in [0.25, 0.3) is 66.1 Å². The molecule has 0 aliphatic heterocycles. The Hall–Kier alpha value is -4.98. The summed E-state index contributed by atoms with van der Waals surface area (Å²) < 4.78 is 1.34. The van der Waals surface area contributed by atoms with Crippen molar-refractivity contribution in [3.05, 3.63) is 245 Å². The molecule has 1 aliphatic rings. The number of allylic oxidation sites excluding steroid dienone is 4. The summed E-state index contributed by atoms with van der Waals surface area (Å²) in [5.74, 6) is 0. The Kier molecular flexibility index (Phi) is 17.8. The van der Waals surface area contributed by atoms with E-state index in [-0.39, 0.29) is 35.6 Å². The van der Waals surface area contributed by atoms with Crippen molar-refractivity contribution in [1.29, 1.82) is 0 Å². The quantitative estimate of drug-likeness (QED) is 0.146. The van der Waals surface area contributed by atoms with E-state index in [1.165, 1.54) is 116 Å². The van der Waals surface area contributed by atoms with Crippen molar-refractivity contribution in [2.24, 2.45) is 0 Å². The summed E-state index contributed by atoms with van der Waals surface area (Å²) in [7, 11) is 0. The van der Waals surface area contributed by atoms with Crippen LogP contribution in [0, 0.1) is 6.08 Å². The maximum Gasteiger partial charge on any atom is -0.109 e. The molecule has 0 amide bonds. The van der Waals surface area contributed by atoms with E-state index < -0.39 is 0 Å². The molecule has 0 saturated heterocycles. The number of halogens is 4. The summed E-state index contributed by atoms with van der Waals surface area (Å²) in [5.41, 5.74) is 15.4. The van der Waals surface area contributed by atoms with Crippen LogP contribution in [-0.4, -0.2) is 3.21 Å². The SMILES string of the molecule is CC(C)(C)c1cc2c(cc1-c1ccccc1)[cH-]c1cc(-c3ccccc3)c(C(C)(C)C)cc12.Clc1ccc(-c2ccc([C](=[Zr+2])c3ccc(-c4ccc(Cl)cc4)cc3)cc2)cc1.[C-]1=CC=CC1.[Cl-].[Cl-]. The fourth-order valence-electron chi connectivity index (χ4n) is 8.51.